The van der Waals surface area contributed by atoms with Crippen LogP contribution in [0.15, 0.2) is 107 Å². The molecular formula is C35H40N4O6S2. The number of sulfonamides is 2. The molecule has 0 aliphatic rings. The van der Waals surface area contributed by atoms with Crippen LogP contribution >= 0.6 is 0 Å². The molecule has 0 fully saturated rings. The van der Waals surface area contributed by atoms with E-state index in [0.29, 0.717) is 22.5 Å². The first kappa shape index (κ1) is 35.2. The summed E-state index contributed by atoms with van der Waals surface area (Å²) in [6.07, 6.45) is 0. The molecule has 2 amide bonds. The zero-order chi connectivity index (χ0) is 34.4. The lowest BCUT2D eigenvalue weighted by atomic mass is 10.2. The number of carbonyl (C=O) groups is 2. The number of aryl methyl sites for hydroxylation is 4. The van der Waals surface area contributed by atoms with E-state index in [4.69, 9.17) is 0 Å². The van der Waals surface area contributed by atoms with E-state index in [-0.39, 0.29) is 16.3 Å². The Morgan fingerprint density at radius 3 is 1.38 bits per heavy atom. The maximum Gasteiger partial charge on any atom is 0.264 e. The maximum absolute atomic E-state index is 13.7. The molecule has 0 saturated carbocycles. The highest BCUT2D eigenvalue weighted by Gasteiger charge is 2.30. The summed E-state index contributed by atoms with van der Waals surface area (Å²) in [7, 11) is -8.18. The summed E-state index contributed by atoms with van der Waals surface area (Å²) in [6.45, 7) is 7.90. The summed E-state index contributed by atoms with van der Waals surface area (Å²) < 4.78 is 57.0. The highest BCUT2D eigenvalue weighted by molar-refractivity contribution is 7.93. The Balaban J connectivity index is 1.46. The minimum Gasteiger partial charge on any atom is -0.352 e. The number of para-hydroxylation sites is 2. The maximum atomic E-state index is 13.7. The van der Waals surface area contributed by atoms with E-state index in [2.05, 4.69) is 10.6 Å². The molecule has 248 valence electrons. The van der Waals surface area contributed by atoms with Crippen molar-refractivity contribution < 1.29 is 26.4 Å². The van der Waals surface area contributed by atoms with Crippen LogP contribution in [0.25, 0.3) is 0 Å². The monoisotopic (exact) mass is 676 g/mol. The third-order valence-electron chi connectivity index (χ3n) is 7.57. The number of anilines is 2. The Hall–Kier alpha value is -4.68. The van der Waals surface area contributed by atoms with E-state index in [1.54, 1.807) is 93.6 Å². The van der Waals surface area contributed by atoms with Gasteiger partial charge in [-0.1, -0.05) is 71.8 Å². The Morgan fingerprint density at radius 1 is 0.596 bits per heavy atom. The molecule has 0 radical (unpaired) electrons. The fourth-order valence-corrected chi connectivity index (χ4v) is 7.89. The number of hydrogen-bond donors (Lipinski definition) is 2. The van der Waals surface area contributed by atoms with Gasteiger partial charge in [0.1, 0.15) is 13.1 Å². The van der Waals surface area contributed by atoms with Crippen LogP contribution in [0.5, 0.6) is 0 Å². The Labute approximate surface area is 277 Å². The predicted molar refractivity (Wildman–Crippen MR) is 184 cm³/mol. The molecule has 0 heterocycles. The third-order valence-corrected chi connectivity index (χ3v) is 11.1. The van der Waals surface area contributed by atoms with Crippen molar-refractivity contribution in [3.8, 4) is 0 Å². The molecule has 0 aromatic heterocycles. The number of hydrogen-bond acceptors (Lipinski definition) is 6. The normalized spacial score (nSPS) is 12.2. The average molecular weight is 677 g/mol. The van der Waals surface area contributed by atoms with E-state index in [1.165, 1.54) is 24.3 Å². The SMILES string of the molecule is Cc1ccc(S(=O)(=O)N(CC(=O)NC[C@@H](C)NC(=O)CN(c2ccccc2C)S(=O)(=O)c2ccc(C)cc2)c2ccccc2C)cc1. The van der Waals surface area contributed by atoms with E-state index in [9.17, 15) is 26.4 Å². The molecule has 1 atom stereocenters. The first-order valence-corrected chi connectivity index (χ1v) is 17.9. The molecule has 4 aromatic carbocycles. The van der Waals surface area contributed by atoms with Crippen molar-refractivity contribution in [2.45, 2.75) is 50.5 Å². The minimum atomic E-state index is -4.09. The van der Waals surface area contributed by atoms with Crippen molar-refractivity contribution in [2.75, 3.05) is 28.2 Å². The Morgan fingerprint density at radius 2 is 0.979 bits per heavy atom. The largest absolute Gasteiger partial charge is 0.352 e. The number of nitrogens with one attached hydrogen (secondary N) is 2. The Bertz CT molecular complexity index is 1940. The smallest absolute Gasteiger partial charge is 0.264 e. The number of benzene rings is 4. The van der Waals surface area contributed by atoms with Gasteiger partial charge in [-0.05, 0) is 82.1 Å². The van der Waals surface area contributed by atoms with Crippen molar-refractivity contribution in [1.29, 1.82) is 0 Å². The topological polar surface area (TPSA) is 133 Å². The summed E-state index contributed by atoms with van der Waals surface area (Å²) in [5.74, 6) is -1.15. The van der Waals surface area contributed by atoms with Crippen LogP contribution in [0.3, 0.4) is 0 Å². The van der Waals surface area contributed by atoms with Crippen LogP contribution in [-0.4, -0.2) is 54.3 Å². The Kier molecular flexibility index (Phi) is 11.1. The van der Waals surface area contributed by atoms with Gasteiger partial charge in [0.05, 0.1) is 21.2 Å². The lowest BCUT2D eigenvalue weighted by molar-refractivity contribution is -0.122. The van der Waals surface area contributed by atoms with Crippen LogP contribution in [0.2, 0.25) is 0 Å². The predicted octanol–water partition coefficient (Wildman–Crippen LogP) is 4.63. The van der Waals surface area contributed by atoms with Crippen molar-refractivity contribution in [3.63, 3.8) is 0 Å². The van der Waals surface area contributed by atoms with Crippen LogP contribution in [-0.2, 0) is 29.6 Å². The number of nitrogens with zero attached hydrogens (tertiary/aromatic N) is 2. The molecule has 12 heteroatoms. The van der Waals surface area contributed by atoms with Gasteiger partial charge in [0.25, 0.3) is 20.0 Å². The van der Waals surface area contributed by atoms with Gasteiger partial charge in [-0.2, -0.15) is 0 Å². The van der Waals surface area contributed by atoms with Crippen molar-refractivity contribution >= 4 is 43.2 Å². The highest BCUT2D eigenvalue weighted by Crippen LogP contribution is 2.28. The second-order valence-electron chi connectivity index (χ2n) is 11.5. The molecular weight excluding hydrogens is 637 g/mol. The van der Waals surface area contributed by atoms with Crippen LogP contribution in [0.1, 0.15) is 29.2 Å². The van der Waals surface area contributed by atoms with E-state index in [0.717, 1.165) is 19.7 Å². The summed E-state index contributed by atoms with van der Waals surface area (Å²) >= 11 is 0. The zero-order valence-electron chi connectivity index (χ0n) is 27.1. The summed E-state index contributed by atoms with van der Waals surface area (Å²) in [6, 6.07) is 26.0. The van der Waals surface area contributed by atoms with Crippen molar-refractivity contribution in [2.24, 2.45) is 0 Å². The first-order valence-electron chi connectivity index (χ1n) is 15.1. The first-order chi connectivity index (χ1) is 22.2. The summed E-state index contributed by atoms with van der Waals surface area (Å²) in [5.41, 5.74) is 3.89. The molecule has 0 unspecified atom stereocenters. The molecule has 0 aliphatic carbocycles. The molecule has 0 aliphatic heterocycles. The average Bonchev–Trinajstić information content (AvgIpc) is 3.02. The van der Waals surface area contributed by atoms with Gasteiger partial charge < -0.3 is 10.6 Å². The van der Waals surface area contributed by atoms with E-state index >= 15 is 0 Å². The molecule has 47 heavy (non-hydrogen) atoms. The standard InChI is InChI=1S/C35H40N4O6S2/c1-25-14-18-30(19-15-25)46(42,43)38(32-12-8-6-10-27(32)3)23-34(40)36-22-29(5)37-35(41)24-39(33-13-9-7-11-28(33)4)47(44,45)31-20-16-26(2)17-21-31/h6-21,29H,22-24H2,1-5H3,(H,36,40)(H,37,41)/t29-/m1/s1. The van der Waals surface area contributed by atoms with Gasteiger partial charge in [0, 0.05) is 12.6 Å². The second-order valence-corrected chi connectivity index (χ2v) is 15.2. The van der Waals surface area contributed by atoms with Crippen LogP contribution in [0.4, 0.5) is 11.4 Å². The van der Waals surface area contributed by atoms with Gasteiger partial charge >= 0.3 is 0 Å². The molecule has 0 saturated heterocycles. The fraction of sp³-hybridized carbons (Fsp3) is 0.257. The number of amides is 2. The third kappa shape index (κ3) is 8.57. The van der Waals surface area contributed by atoms with Gasteiger partial charge in [0.15, 0.2) is 0 Å². The van der Waals surface area contributed by atoms with E-state index < -0.39 is 51.0 Å². The number of carbonyl (C=O) groups excluding carboxylic acids is 2. The molecule has 2 N–H and O–H groups in total. The lowest BCUT2D eigenvalue weighted by Crippen LogP contribution is -2.48. The lowest BCUT2D eigenvalue weighted by Gasteiger charge is -2.27. The molecule has 4 aromatic rings. The van der Waals surface area contributed by atoms with Crippen LogP contribution in [0, 0.1) is 27.7 Å². The van der Waals surface area contributed by atoms with Gasteiger partial charge in [-0.3, -0.25) is 18.2 Å². The quantitative estimate of drug-likeness (QED) is 0.212. The zero-order valence-corrected chi connectivity index (χ0v) is 28.7. The second kappa shape index (κ2) is 14.8. The summed E-state index contributed by atoms with van der Waals surface area (Å²) in [4.78, 5) is 26.5. The molecule has 10 nitrogen and oxygen atoms in total. The van der Waals surface area contributed by atoms with Gasteiger partial charge in [-0.25, -0.2) is 16.8 Å². The number of rotatable bonds is 13. The minimum absolute atomic E-state index is 0.0220. The molecule has 0 bridgehead atoms. The van der Waals surface area contributed by atoms with E-state index in [1.807, 2.05) is 13.8 Å². The van der Waals surface area contributed by atoms with Crippen molar-refractivity contribution in [3.05, 3.63) is 119 Å². The van der Waals surface area contributed by atoms with Gasteiger partial charge in [0.2, 0.25) is 11.8 Å². The fourth-order valence-electron chi connectivity index (χ4n) is 4.92. The van der Waals surface area contributed by atoms with Crippen molar-refractivity contribution in [1.82, 2.24) is 10.6 Å². The highest BCUT2D eigenvalue weighted by atomic mass is 32.2. The molecule has 0 spiro atoms. The van der Waals surface area contributed by atoms with Gasteiger partial charge in [-0.15, -0.1) is 0 Å². The van der Waals surface area contributed by atoms with Crippen LogP contribution < -0.4 is 19.2 Å². The molecule has 4 rings (SSSR count). The summed E-state index contributed by atoms with van der Waals surface area (Å²) in [5, 5.41) is 5.46.